The minimum atomic E-state index is -0.446. The van der Waals surface area contributed by atoms with E-state index in [1.165, 1.54) is 13.2 Å². The molecule has 0 aliphatic rings. The van der Waals surface area contributed by atoms with E-state index in [1.807, 2.05) is 6.92 Å². The van der Waals surface area contributed by atoms with Crippen molar-refractivity contribution in [1.82, 2.24) is 9.97 Å². The summed E-state index contributed by atoms with van der Waals surface area (Å²) in [4.78, 5) is 8.61. The average Bonchev–Trinajstić information content (AvgIpc) is 2.41. The Morgan fingerprint density at radius 2 is 2.11 bits per heavy atom. The minimum absolute atomic E-state index is 0.193. The van der Waals surface area contributed by atoms with Crippen molar-refractivity contribution in [3.05, 3.63) is 33.3 Å². The number of halogens is 2. The Bertz CT molecular complexity index is 619. The van der Waals surface area contributed by atoms with Crippen molar-refractivity contribution in [2.75, 3.05) is 12.8 Å². The largest absolute Gasteiger partial charge is 0.494 e. The van der Waals surface area contributed by atoms with Gasteiger partial charge in [0.25, 0.3) is 0 Å². The van der Waals surface area contributed by atoms with Crippen molar-refractivity contribution in [3.8, 4) is 17.1 Å². The summed E-state index contributed by atoms with van der Waals surface area (Å²) < 4.78 is 19.4. The van der Waals surface area contributed by atoms with Crippen molar-refractivity contribution in [2.45, 2.75) is 13.3 Å². The predicted octanol–water partition coefficient (Wildman–Crippen LogP) is 3.04. The molecule has 1 aromatic heterocycles. The minimum Gasteiger partial charge on any atom is -0.494 e. The molecular formula is C13H13FIN3O. The van der Waals surface area contributed by atoms with E-state index >= 15 is 0 Å². The van der Waals surface area contributed by atoms with Crippen LogP contribution >= 0.6 is 22.6 Å². The first-order valence-electron chi connectivity index (χ1n) is 5.72. The third-order valence-electron chi connectivity index (χ3n) is 2.69. The summed E-state index contributed by atoms with van der Waals surface area (Å²) in [7, 11) is 1.42. The van der Waals surface area contributed by atoms with Crippen molar-refractivity contribution < 1.29 is 9.13 Å². The van der Waals surface area contributed by atoms with Crippen LogP contribution in [0.4, 0.5) is 10.2 Å². The van der Waals surface area contributed by atoms with E-state index in [9.17, 15) is 4.39 Å². The molecule has 4 nitrogen and oxygen atoms in total. The van der Waals surface area contributed by atoms with Crippen molar-refractivity contribution >= 4 is 28.4 Å². The summed E-state index contributed by atoms with van der Waals surface area (Å²) in [5, 5.41) is 0. The molecule has 2 aromatic rings. The number of hydrogen-bond donors (Lipinski definition) is 1. The van der Waals surface area contributed by atoms with Crippen molar-refractivity contribution in [3.63, 3.8) is 0 Å². The van der Waals surface area contributed by atoms with Gasteiger partial charge in [0.2, 0.25) is 0 Å². The summed E-state index contributed by atoms with van der Waals surface area (Å²) in [6.45, 7) is 1.99. The lowest BCUT2D eigenvalue weighted by Gasteiger charge is -2.08. The van der Waals surface area contributed by atoms with E-state index < -0.39 is 5.82 Å². The van der Waals surface area contributed by atoms with Crippen LogP contribution in [0.2, 0.25) is 0 Å². The van der Waals surface area contributed by atoms with E-state index in [1.54, 1.807) is 12.1 Å². The topological polar surface area (TPSA) is 61.0 Å². The van der Waals surface area contributed by atoms with Gasteiger partial charge in [0, 0.05) is 5.56 Å². The second kappa shape index (κ2) is 5.68. The van der Waals surface area contributed by atoms with Crippen molar-refractivity contribution in [1.29, 1.82) is 0 Å². The molecule has 6 heteroatoms. The first kappa shape index (κ1) is 14.0. The van der Waals surface area contributed by atoms with Gasteiger partial charge in [-0.25, -0.2) is 14.4 Å². The first-order valence-corrected chi connectivity index (χ1v) is 6.80. The maximum absolute atomic E-state index is 13.7. The van der Waals surface area contributed by atoms with E-state index in [0.29, 0.717) is 17.2 Å². The van der Waals surface area contributed by atoms with E-state index in [2.05, 4.69) is 32.6 Å². The van der Waals surface area contributed by atoms with Crippen LogP contribution in [0, 0.1) is 9.39 Å². The first-order chi connectivity index (χ1) is 9.06. The number of aromatic nitrogens is 2. The third-order valence-corrected chi connectivity index (χ3v) is 3.87. The number of aryl methyl sites for hydroxylation is 1. The molecule has 0 saturated carbocycles. The maximum atomic E-state index is 13.7. The average molecular weight is 373 g/mol. The number of benzene rings is 1. The van der Waals surface area contributed by atoms with Crippen LogP contribution in [0.15, 0.2) is 18.2 Å². The summed E-state index contributed by atoms with van der Waals surface area (Å²) in [6, 6.07) is 4.61. The summed E-state index contributed by atoms with van der Waals surface area (Å²) in [6.07, 6.45) is 0.747. The van der Waals surface area contributed by atoms with Crippen LogP contribution in [-0.4, -0.2) is 17.1 Å². The number of ether oxygens (including phenoxy) is 1. The van der Waals surface area contributed by atoms with Gasteiger partial charge in [-0.05, 0) is 47.2 Å². The molecule has 19 heavy (non-hydrogen) atoms. The smallest absolute Gasteiger partial charge is 0.165 e. The molecule has 1 aromatic carbocycles. The van der Waals surface area contributed by atoms with Gasteiger partial charge < -0.3 is 10.5 Å². The predicted molar refractivity (Wildman–Crippen MR) is 80.5 cm³/mol. The summed E-state index contributed by atoms with van der Waals surface area (Å²) >= 11 is 2.11. The Kier molecular flexibility index (Phi) is 4.18. The molecule has 1 heterocycles. The zero-order chi connectivity index (χ0) is 14.0. The molecule has 0 aliphatic carbocycles. The summed E-state index contributed by atoms with van der Waals surface area (Å²) in [5.41, 5.74) is 7.29. The standard InChI is InChI=1S/C13H13FIN3O/c1-3-9-11(15)12(16)18-13(17-9)7-4-5-10(19-2)8(14)6-7/h4-6H,3H2,1-2H3,(H2,16,17,18). The fourth-order valence-electron chi connectivity index (χ4n) is 1.68. The molecule has 0 radical (unpaired) electrons. The SMILES string of the molecule is CCc1nc(-c2ccc(OC)c(F)c2)nc(N)c1I. The summed E-state index contributed by atoms with van der Waals surface area (Å²) in [5.74, 6) is 0.590. The highest BCUT2D eigenvalue weighted by atomic mass is 127. The van der Waals surface area contributed by atoms with Crippen LogP contribution < -0.4 is 10.5 Å². The van der Waals surface area contributed by atoms with E-state index in [0.717, 1.165) is 15.7 Å². The monoisotopic (exact) mass is 373 g/mol. The van der Waals surface area contributed by atoms with Crippen LogP contribution in [0.5, 0.6) is 5.75 Å². The number of anilines is 1. The number of nitrogen functional groups attached to an aromatic ring is 1. The van der Waals surface area contributed by atoms with Gasteiger partial charge in [-0.1, -0.05) is 6.92 Å². The van der Waals surface area contributed by atoms with Gasteiger partial charge in [0.05, 0.1) is 16.4 Å². The molecule has 0 bridgehead atoms. The molecular weight excluding hydrogens is 360 g/mol. The number of nitrogens with zero attached hydrogens (tertiary/aromatic N) is 2. The molecule has 0 fully saturated rings. The highest BCUT2D eigenvalue weighted by Gasteiger charge is 2.12. The van der Waals surface area contributed by atoms with Crippen LogP contribution in [0.3, 0.4) is 0 Å². The normalized spacial score (nSPS) is 10.5. The Morgan fingerprint density at radius 1 is 1.37 bits per heavy atom. The maximum Gasteiger partial charge on any atom is 0.165 e. The Balaban J connectivity index is 2.53. The highest BCUT2D eigenvalue weighted by Crippen LogP contribution is 2.26. The van der Waals surface area contributed by atoms with Gasteiger partial charge in [0.15, 0.2) is 17.4 Å². The molecule has 0 aliphatic heterocycles. The zero-order valence-electron chi connectivity index (χ0n) is 10.6. The Labute approximate surface area is 124 Å². The quantitative estimate of drug-likeness (QED) is 0.841. The second-order valence-corrected chi connectivity index (χ2v) is 4.97. The molecule has 2 rings (SSSR count). The number of nitrogens with two attached hydrogens (primary N) is 1. The lowest BCUT2D eigenvalue weighted by molar-refractivity contribution is 0.386. The fourth-order valence-corrected chi connectivity index (χ4v) is 2.30. The molecule has 0 saturated heterocycles. The van der Waals surface area contributed by atoms with Gasteiger partial charge >= 0.3 is 0 Å². The lowest BCUT2D eigenvalue weighted by atomic mass is 10.2. The Hall–Kier alpha value is -1.44. The van der Waals surface area contributed by atoms with Crippen LogP contribution in [-0.2, 0) is 6.42 Å². The van der Waals surface area contributed by atoms with E-state index in [-0.39, 0.29) is 5.75 Å². The molecule has 0 amide bonds. The fraction of sp³-hybridized carbons (Fsp3) is 0.231. The number of hydrogen-bond acceptors (Lipinski definition) is 4. The molecule has 2 N–H and O–H groups in total. The molecule has 0 atom stereocenters. The second-order valence-electron chi connectivity index (χ2n) is 3.90. The third kappa shape index (κ3) is 2.78. The Morgan fingerprint density at radius 3 is 2.68 bits per heavy atom. The molecule has 0 spiro atoms. The van der Waals surface area contributed by atoms with Crippen LogP contribution in [0.1, 0.15) is 12.6 Å². The van der Waals surface area contributed by atoms with Gasteiger partial charge in [0.1, 0.15) is 5.82 Å². The van der Waals surface area contributed by atoms with Gasteiger partial charge in [-0.3, -0.25) is 0 Å². The lowest BCUT2D eigenvalue weighted by Crippen LogP contribution is -2.04. The number of rotatable bonds is 3. The molecule has 0 unspecified atom stereocenters. The van der Waals surface area contributed by atoms with Gasteiger partial charge in [-0.15, -0.1) is 0 Å². The molecule has 100 valence electrons. The van der Waals surface area contributed by atoms with E-state index in [4.69, 9.17) is 10.5 Å². The highest BCUT2D eigenvalue weighted by molar-refractivity contribution is 14.1. The van der Waals surface area contributed by atoms with Gasteiger partial charge in [-0.2, -0.15) is 0 Å². The number of methoxy groups -OCH3 is 1. The zero-order valence-corrected chi connectivity index (χ0v) is 12.7. The van der Waals surface area contributed by atoms with Crippen LogP contribution in [0.25, 0.3) is 11.4 Å². The van der Waals surface area contributed by atoms with Crippen molar-refractivity contribution in [2.24, 2.45) is 0 Å².